The molecule has 0 aromatic carbocycles. The molecule has 0 spiro atoms. The molecule has 0 aliphatic carbocycles. The number of halogens is 2. The van der Waals surface area contributed by atoms with Crippen LogP contribution in [0.4, 0.5) is 4.79 Å². The number of hydrogen-bond acceptors (Lipinski definition) is 4. The minimum absolute atomic E-state index is 0.0715. The molecule has 7 heteroatoms. The van der Waals surface area contributed by atoms with Gasteiger partial charge in [0, 0.05) is 0 Å². The van der Waals surface area contributed by atoms with E-state index < -0.39 is 6.16 Å². The number of rotatable bonds is 1. The average Bonchev–Trinajstić information content (AvgIpc) is 1.94. The third-order valence-electron chi connectivity index (χ3n) is 0.879. The van der Waals surface area contributed by atoms with Gasteiger partial charge in [-0.15, -0.1) is 0 Å². The topological polar surface area (TPSA) is 72.3 Å². The molecular formula is C5H2Cl2N2O3. The van der Waals surface area contributed by atoms with Gasteiger partial charge in [-0.25, -0.2) is 14.8 Å². The molecule has 12 heavy (non-hydrogen) atoms. The van der Waals surface area contributed by atoms with Gasteiger partial charge in [-0.3, -0.25) is 0 Å². The Balaban J connectivity index is 2.93. The van der Waals surface area contributed by atoms with E-state index in [0.29, 0.717) is 0 Å². The summed E-state index contributed by atoms with van der Waals surface area (Å²) in [5.74, 6) is -0.145. The first-order valence-electron chi connectivity index (χ1n) is 2.68. The Morgan fingerprint density at radius 2 is 2.25 bits per heavy atom. The Labute approximate surface area is 76.9 Å². The molecule has 0 atom stereocenters. The molecule has 1 rings (SSSR count). The molecule has 0 saturated heterocycles. The predicted molar refractivity (Wildman–Crippen MR) is 40.7 cm³/mol. The highest BCUT2D eigenvalue weighted by molar-refractivity contribution is 6.32. The van der Waals surface area contributed by atoms with Crippen LogP contribution in [0.25, 0.3) is 0 Å². The highest BCUT2D eigenvalue weighted by atomic mass is 35.5. The zero-order valence-corrected chi connectivity index (χ0v) is 7.00. The third-order valence-corrected chi connectivity index (χ3v) is 1.33. The minimum atomic E-state index is -1.48. The molecule has 0 unspecified atom stereocenters. The van der Waals surface area contributed by atoms with Crippen LogP contribution < -0.4 is 4.74 Å². The van der Waals surface area contributed by atoms with E-state index in [1.165, 1.54) is 0 Å². The third kappa shape index (κ3) is 2.21. The maximum absolute atomic E-state index is 10.0. The van der Waals surface area contributed by atoms with Crippen molar-refractivity contribution < 1.29 is 14.6 Å². The zero-order chi connectivity index (χ0) is 9.14. The number of aromatic nitrogens is 2. The second kappa shape index (κ2) is 3.55. The summed E-state index contributed by atoms with van der Waals surface area (Å²) >= 11 is 10.8. The fourth-order valence-corrected chi connectivity index (χ4v) is 0.837. The van der Waals surface area contributed by atoms with E-state index in [-0.39, 0.29) is 16.2 Å². The highest BCUT2D eigenvalue weighted by Gasteiger charge is 2.08. The predicted octanol–water partition coefficient (Wildman–Crippen LogP) is 1.84. The lowest BCUT2D eigenvalue weighted by Crippen LogP contribution is -2.04. The fraction of sp³-hybridized carbons (Fsp3) is 0. The van der Waals surface area contributed by atoms with Gasteiger partial charge in [0.05, 0.1) is 6.20 Å². The minimum Gasteiger partial charge on any atom is -0.449 e. The number of nitrogens with zero attached hydrogens (tertiary/aromatic N) is 2. The Bertz CT molecular complexity index is 318. The zero-order valence-electron chi connectivity index (χ0n) is 5.49. The van der Waals surface area contributed by atoms with E-state index in [2.05, 4.69) is 14.7 Å². The van der Waals surface area contributed by atoms with Gasteiger partial charge in [0.2, 0.25) is 5.28 Å². The Hall–Kier alpha value is -1.07. The summed E-state index contributed by atoms with van der Waals surface area (Å²) in [6, 6.07) is 0. The number of carboxylic acid groups (broad SMARTS) is 1. The van der Waals surface area contributed by atoms with Crippen LogP contribution >= 0.6 is 23.2 Å². The van der Waals surface area contributed by atoms with Gasteiger partial charge in [0.1, 0.15) is 0 Å². The molecule has 0 radical (unpaired) electrons. The number of hydrogen-bond donors (Lipinski definition) is 1. The fourth-order valence-electron chi connectivity index (χ4n) is 0.493. The van der Waals surface area contributed by atoms with Crippen molar-refractivity contribution in [2.24, 2.45) is 0 Å². The Morgan fingerprint density at radius 3 is 2.75 bits per heavy atom. The summed E-state index contributed by atoms with van der Waals surface area (Å²) in [4.78, 5) is 17.0. The molecule has 0 amide bonds. The highest BCUT2D eigenvalue weighted by Crippen LogP contribution is 2.21. The standard InChI is InChI=1S/C5H2Cl2N2O3/c6-3-2(12-5(10)11)1-8-4(7)9-3/h1H,(H,10,11). The first-order valence-corrected chi connectivity index (χ1v) is 3.44. The van der Waals surface area contributed by atoms with Crippen molar-refractivity contribution in [3.05, 3.63) is 16.6 Å². The first kappa shape index (κ1) is 9.02. The molecule has 0 aliphatic rings. The lowest BCUT2D eigenvalue weighted by atomic mass is 10.6. The van der Waals surface area contributed by atoms with Gasteiger partial charge in [0.15, 0.2) is 10.9 Å². The molecule has 1 N–H and O–H groups in total. The van der Waals surface area contributed by atoms with E-state index in [1.54, 1.807) is 0 Å². The molecule has 5 nitrogen and oxygen atoms in total. The average molecular weight is 209 g/mol. The van der Waals surface area contributed by atoms with Crippen molar-refractivity contribution in [3.8, 4) is 5.75 Å². The van der Waals surface area contributed by atoms with Crippen LogP contribution in [0.3, 0.4) is 0 Å². The normalized spacial score (nSPS) is 9.50. The molecule has 1 aromatic rings. The molecule has 0 aliphatic heterocycles. The van der Waals surface area contributed by atoms with Crippen molar-refractivity contribution in [2.75, 3.05) is 0 Å². The van der Waals surface area contributed by atoms with Gasteiger partial charge in [-0.2, -0.15) is 0 Å². The summed E-state index contributed by atoms with van der Waals surface area (Å²) in [5.41, 5.74) is 0. The van der Waals surface area contributed by atoms with E-state index in [4.69, 9.17) is 28.3 Å². The van der Waals surface area contributed by atoms with Crippen LogP contribution in [-0.2, 0) is 0 Å². The monoisotopic (exact) mass is 208 g/mol. The maximum Gasteiger partial charge on any atom is 0.511 e. The molecule has 0 bridgehead atoms. The molecule has 0 saturated carbocycles. The Morgan fingerprint density at radius 1 is 1.58 bits per heavy atom. The van der Waals surface area contributed by atoms with E-state index in [0.717, 1.165) is 6.20 Å². The molecule has 1 heterocycles. The van der Waals surface area contributed by atoms with Crippen LogP contribution in [-0.4, -0.2) is 21.2 Å². The second-order valence-electron chi connectivity index (χ2n) is 1.66. The van der Waals surface area contributed by atoms with Gasteiger partial charge in [0.25, 0.3) is 0 Å². The van der Waals surface area contributed by atoms with Crippen molar-refractivity contribution in [2.45, 2.75) is 0 Å². The largest absolute Gasteiger partial charge is 0.511 e. The van der Waals surface area contributed by atoms with Crippen molar-refractivity contribution in [3.63, 3.8) is 0 Å². The van der Waals surface area contributed by atoms with E-state index in [9.17, 15) is 4.79 Å². The van der Waals surface area contributed by atoms with Crippen molar-refractivity contribution in [1.29, 1.82) is 0 Å². The Kier molecular flexibility index (Phi) is 2.67. The summed E-state index contributed by atoms with van der Waals surface area (Å²) in [5, 5.41) is 7.98. The quantitative estimate of drug-likeness (QED) is 0.434. The van der Waals surface area contributed by atoms with Gasteiger partial charge >= 0.3 is 6.16 Å². The summed E-state index contributed by atoms with van der Waals surface area (Å²) in [7, 11) is 0. The lowest BCUT2D eigenvalue weighted by molar-refractivity contribution is 0.144. The molecule has 64 valence electrons. The summed E-state index contributed by atoms with van der Waals surface area (Å²) in [6.07, 6.45) is -0.408. The molecule has 0 fully saturated rings. The van der Waals surface area contributed by atoms with Gasteiger partial charge in [-0.1, -0.05) is 11.6 Å². The van der Waals surface area contributed by atoms with Gasteiger partial charge in [-0.05, 0) is 11.6 Å². The SMILES string of the molecule is O=C(O)Oc1cnc(Cl)nc1Cl. The number of ether oxygens (including phenoxy) is 1. The van der Waals surface area contributed by atoms with Crippen molar-refractivity contribution >= 4 is 29.4 Å². The molecular weight excluding hydrogens is 207 g/mol. The van der Waals surface area contributed by atoms with E-state index in [1.807, 2.05) is 0 Å². The summed E-state index contributed by atoms with van der Waals surface area (Å²) in [6.45, 7) is 0. The van der Waals surface area contributed by atoms with Crippen LogP contribution in [0.2, 0.25) is 10.4 Å². The van der Waals surface area contributed by atoms with Crippen LogP contribution in [0.15, 0.2) is 6.20 Å². The summed E-state index contributed by atoms with van der Waals surface area (Å²) < 4.78 is 4.20. The van der Waals surface area contributed by atoms with Crippen LogP contribution in [0, 0.1) is 0 Å². The van der Waals surface area contributed by atoms with Gasteiger partial charge < -0.3 is 9.84 Å². The second-order valence-corrected chi connectivity index (χ2v) is 2.36. The van der Waals surface area contributed by atoms with Crippen LogP contribution in [0.5, 0.6) is 5.75 Å². The number of carbonyl (C=O) groups is 1. The van der Waals surface area contributed by atoms with Crippen LogP contribution in [0.1, 0.15) is 0 Å². The molecule has 1 aromatic heterocycles. The lowest BCUT2D eigenvalue weighted by Gasteiger charge is -1.99. The first-order chi connectivity index (χ1) is 5.59. The van der Waals surface area contributed by atoms with E-state index >= 15 is 0 Å². The maximum atomic E-state index is 10.0. The smallest absolute Gasteiger partial charge is 0.449 e. The van der Waals surface area contributed by atoms with Crippen molar-refractivity contribution in [1.82, 2.24) is 9.97 Å².